The number of aryl methyl sites for hydroxylation is 1. The SMILES string of the molecule is COC(=O)c1ccccc1Cn1cc(NC(=O)c2cc(-c3ccc(C)cc3)n[nH]2)cn1. The molecule has 0 radical (unpaired) electrons. The van der Waals surface area contributed by atoms with Crippen molar-refractivity contribution >= 4 is 17.6 Å². The molecule has 4 aromatic rings. The van der Waals surface area contributed by atoms with Crippen molar-refractivity contribution in [2.45, 2.75) is 13.5 Å². The Morgan fingerprint density at radius 3 is 2.68 bits per heavy atom. The lowest BCUT2D eigenvalue weighted by atomic mass is 10.1. The van der Waals surface area contributed by atoms with Crippen LogP contribution in [0.3, 0.4) is 0 Å². The van der Waals surface area contributed by atoms with E-state index in [0.717, 1.165) is 16.7 Å². The van der Waals surface area contributed by atoms with Crippen molar-refractivity contribution in [1.29, 1.82) is 0 Å². The number of carbonyl (C=O) groups is 2. The van der Waals surface area contributed by atoms with E-state index >= 15 is 0 Å². The zero-order valence-corrected chi connectivity index (χ0v) is 17.1. The molecule has 31 heavy (non-hydrogen) atoms. The molecule has 2 heterocycles. The summed E-state index contributed by atoms with van der Waals surface area (Å²) >= 11 is 0. The number of nitrogens with zero attached hydrogens (tertiary/aromatic N) is 3. The van der Waals surface area contributed by atoms with Crippen molar-refractivity contribution in [2.75, 3.05) is 12.4 Å². The van der Waals surface area contributed by atoms with Crippen LogP contribution >= 0.6 is 0 Å². The van der Waals surface area contributed by atoms with E-state index < -0.39 is 5.97 Å². The Kier molecular flexibility index (Phi) is 5.61. The Labute approximate surface area is 178 Å². The number of anilines is 1. The summed E-state index contributed by atoms with van der Waals surface area (Å²) in [5, 5.41) is 14.1. The van der Waals surface area contributed by atoms with E-state index in [9.17, 15) is 9.59 Å². The van der Waals surface area contributed by atoms with Crippen molar-refractivity contribution in [3.8, 4) is 11.3 Å². The first-order valence-corrected chi connectivity index (χ1v) is 9.66. The van der Waals surface area contributed by atoms with Crippen LogP contribution in [-0.4, -0.2) is 39.0 Å². The maximum absolute atomic E-state index is 12.6. The van der Waals surface area contributed by atoms with Gasteiger partial charge < -0.3 is 10.1 Å². The highest BCUT2D eigenvalue weighted by Gasteiger charge is 2.14. The third-order valence-electron chi connectivity index (χ3n) is 4.82. The molecule has 156 valence electrons. The van der Waals surface area contributed by atoms with Gasteiger partial charge >= 0.3 is 5.97 Å². The molecular formula is C23H21N5O3. The predicted molar refractivity (Wildman–Crippen MR) is 116 cm³/mol. The van der Waals surface area contributed by atoms with Crippen LogP contribution in [0.25, 0.3) is 11.3 Å². The van der Waals surface area contributed by atoms with Crippen molar-refractivity contribution in [3.63, 3.8) is 0 Å². The maximum atomic E-state index is 12.6. The highest BCUT2D eigenvalue weighted by atomic mass is 16.5. The molecule has 8 nitrogen and oxygen atoms in total. The van der Waals surface area contributed by atoms with Gasteiger partial charge in [0.1, 0.15) is 5.69 Å². The van der Waals surface area contributed by atoms with Gasteiger partial charge in [-0.25, -0.2) is 4.79 Å². The Bertz CT molecular complexity index is 1220. The fourth-order valence-electron chi connectivity index (χ4n) is 3.17. The predicted octanol–water partition coefficient (Wildman–Crippen LogP) is 3.67. The van der Waals surface area contributed by atoms with E-state index in [1.165, 1.54) is 7.11 Å². The standard InChI is InChI=1S/C23H21N5O3/c1-15-7-9-16(10-8-15)20-11-21(27-26-20)22(29)25-18-12-24-28(14-18)13-17-5-3-4-6-19(17)23(30)31-2/h3-12,14H,13H2,1-2H3,(H,25,29)(H,26,27). The molecule has 4 rings (SSSR count). The van der Waals surface area contributed by atoms with Crippen molar-refractivity contribution < 1.29 is 14.3 Å². The molecule has 0 saturated heterocycles. The number of aromatic nitrogens is 4. The first-order chi connectivity index (χ1) is 15.0. The number of rotatable bonds is 6. The van der Waals surface area contributed by atoms with E-state index in [1.54, 1.807) is 35.3 Å². The molecule has 0 spiro atoms. The largest absolute Gasteiger partial charge is 0.465 e. The Morgan fingerprint density at radius 2 is 1.90 bits per heavy atom. The highest BCUT2D eigenvalue weighted by molar-refractivity contribution is 6.03. The first kappa shape index (κ1) is 20.1. The number of hydrogen-bond donors (Lipinski definition) is 2. The summed E-state index contributed by atoms with van der Waals surface area (Å²) in [5.74, 6) is -0.722. The fourth-order valence-corrected chi connectivity index (χ4v) is 3.17. The Hall–Kier alpha value is -4.20. The molecule has 0 aliphatic rings. The third-order valence-corrected chi connectivity index (χ3v) is 4.82. The van der Waals surface area contributed by atoms with Crippen LogP contribution in [0.5, 0.6) is 0 Å². The number of benzene rings is 2. The number of H-pyrrole nitrogens is 1. The molecule has 0 saturated carbocycles. The van der Waals surface area contributed by atoms with Crippen LogP contribution in [0.1, 0.15) is 32.0 Å². The van der Waals surface area contributed by atoms with Crippen LogP contribution in [0, 0.1) is 6.92 Å². The summed E-state index contributed by atoms with van der Waals surface area (Å²) < 4.78 is 6.47. The van der Waals surface area contributed by atoms with E-state index in [2.05, 4.69) is 20.6 Å². The van der Waals surface area contributed by atoms with Gasteiger partial charge in [-0.05, 0) is 24.6 Å². The maximum Gasteiger partial charge on any atom is 0.338 e. The lowest BCUT2D eigenvalue weighted by Gasteiger charge is -2.07. The number of carbonyl (C=O) groups excluding carboxylic acids is 2. The number of methoxy groups -OCH3 is 1. The van der Waals surface area contributed by atoms with Gasteiger partial charge in [0.15, 0.2) is 0 Å². The molecular weight excluding hydrogens is 394 g/mol. The molecule has 0 aliphatic heterocycles. The minimum Gasteiger partial charge on any atom is -0.465 e. The third kappa shape index (κ3) is 4.53. The second-order valence-electron chi connectivity index (χ2n) is 7.06. The summed E-state index contributed by atoms with van der Waals surface area (Å²) in [6.07, 6.45) is 3.25. The fraction of sp³-hybridized carbons (Fsp3) is 0.130. The summed E-state index contributed by atoms with van der Waals surface area (Å²) in [6.45, 7) is 2.38. The average Bonchev–Trinajstić information content (AvgIpc) is 3.44. The molecule has 0 fully saturated rings. The van der Waals surface area contributed by atoms with E-state index in [0.29, 0.717) is 29.2 Å². The summed E-state index contributed by atoms with van der Waals surface area (Å²) in [4.78, 5) is 24.5. The summed E-state index contributed by atoms with van der Waals surface area (Å²) in [7, 11) is 1.35. The molecule has 0 aliphatic carbocycles. The zero-order chi connectivity index (χ0) is 21.8. The van der Waals surface area contributed by atoms with Gasteiger partial charge in [-0.2, -0.15) is 10.2 Å². The second-order valence-corrected chi connectivity index (χ2v) is 7.06. The molecule has 2 N–H and O–H groups in total. The normalized spacial score (nSPS) is 10.6. The van der Waals surface area contributed by atoms with Crippen molar-refractivity contribution in [2.24, 2.45) is 0 Å². The van der Waals surface area contributed by atoms with Crippen molar-refractivity contribution in [1.82, 2.24) is 20.0 Å². The van der Waals surface area contributed by atoms with Gasteiger partial charge in [-0.3, -0.25) is 14.6 Å². The topological polar surface area (TPSA) is 102 Å². The molecule has 0 atom stereocenters. The van der Waals surface area contributed by atoms with Gasteiger partial charge in [0, 0.05) is 11.8 Å². The minimum absolute atomic E-state index is 0.319. The average molecular weight is 415 g/mol. The number of hydrogen-bond acceptors (Lipinski definition) is 5. The zero-order valence-electron chi connectivity index (χ0n) is 17.1. The quantitative estimate of drug-likeness (QED) is 0.468. The molecule has 2 aromatic carbocycles. The van der Waals surface area contributed by atoms with Gasteiger partial charge in [0.25, 0.3) is 5.91 Å². The molecule has 0 unspecified atom stereocenters. The Balaban J connectivity index is 1.44. The van der Waals surface area contributed by atoms with Crippen LogP contribution in [-0.2, 0) is 11.3 Å². The lowest BCUT2D eigenvalue weighted by Crippen LogP contribution is -2.12. The van der Waals surface area contributed by atoms with Crippen LogP contribution in [0.15, 0.2) is 67.0 Å². The van der Waals surface area contributed by atoms with Crippen molar-refractivity contribution in [3.05, 3.63) is 89.4 Å². The smallest absolute Gasteiger partial charge is 0.338 e. The number of esters is 1. The van der Waals surface area contributed by atoms with Gasteiger partial charge in [0.2, 0.25) is 0 Å². The van der Waals surface area contributed by atoms with Crippen LogP contribution in [0.2, 0.25) is 0 Å². The van der Waals surface area contributed by atoms with Gasteiger partial charge in [-0.1, -0.05) is 48.0 Å². The molecule has 0 bridgehead atoms. The highest BCUT2D eigenvalue weighted by Crippen LogP contribution is 2.19. The Morgan fingerprint density at radius 1 is 1.13 bits per heavy atom. The van der Waals surface area contributed by atoms with E-state index in [4.69, 9.17) is 4.74 Å². The number of amides is 1. The molecule has 8 heteroatoms. The second kappa shape index (κ2) is 8.66. The lowest BCUT2D eigenvalue weighted by molar-refractivity contribution is 0.0599. The van der Waals surface area contributed by atoms with E-state index in [1.807, 2.05) is 43.3 Å². The summed E-state index contributed by atoms with van der Waals surface area (Å²) in [5.41, 5.74) is 4.91. The first-order valence-electron chi connectivity index (χ1n) is 9.66. The van der Waals surface area contributed by atoms with Gasteiger partial charge in [-0.15, -0.1) is 0 Å². The molecule has 2 aromatic heterocycles. The summed E-state index contributed by atoms with van der Waals surface area (Å²) in [6, 6.07) is 16.8. The van der Waals surface area contributed by atoms with Gasteiger partial charge in [0.05, 0.1) is 36.8 Å². The minimum atomic E-state index is -0.403. The van der Waals surface area contributed by atoms with Crippen LogP contribution < -0.4 is 5.32 Å². The number of aromatic amines is 1. The number of ether oxygens (including phenoxy) is 1. The van der Waals surface area contributed by atoms with Crippen LogP contribution in [0.4, 0.5) is 5.69 Å². The molecule has 1 amide bonds. The number of nitrogens with one attached hydrogen (secondary N) is 2. The monoisotopic (exact) mass is 415 g/mol. The van der Waals surface area contributed by atoms with E-state index in [-0.39, 0.29) is 5.91 Å².